The van der Waals surface area contributed by atoms with Crippen LogP contribution in [0.3, 0.4) is 0 Å². The van der Waals surface area contributed by atoms with Crippen molar-refractivity contribution in [1.29, 1.82) is 0 Å². The summed E-state index contributed by atoms with van der Waals surface area (Å²) >= 11 is 5.97. The molecule has 37 heavy (non-hydrogen) atoms. The third-order valence-corrected chi connectivity index (χ3v) is 6.99. The predicted octanol–water partition coefficient (Wildman–Crippen LogP) is 3.10. The Balaban J connectivity index is 1.79. The smallest absolute Gasteiger partial charge is 0.416 e. The maximum Gasteiger partial charge on any atom is 0.416 e. The van der Waals surface area contributed by atoms with Crippen LogP contribution < -0.4 is 16.9 Å². The Labute approximate surface area is 210 Å². The summed E-state index contributed by atoms with van der Waals surface area (Å²) in [6.07, 6.45) is -3.96. The average Bonchev–Trinajstić information content (AvgIpc) is 3.32. The van der Waals surface area contributed by atoms with Crippen LogP contribution >= 0.6 is 11.6 Å². The lowest BCUT2D eigenvalue weighted by atomic mass is 10.0. The molecule has 1 aliphatic carbocycles. The van der Waals surface area contributed by atoms with Gasteiger partial charge in [-0.1, -0.05) is 11.6 Å². The average molecular weight is 535 g/mol. The SMILES string of the molecule is Cn1c(=O)n(C)c2cc(-n3cc(C(=O)O)c(=O)n(C4CCc5c4cc(Cl)cc5C(F)(F)F)c3=O)ccc21. The molecule has 2 aromatic carbocycles. The van der Waals surface area contributed by atoms with Crippen LogP contribution in [0.1, 0.15) is 39.5 Å². The summed E-state index contributed by atoms with van der Waals surface area (Å²) in [5, 5.41) is 9.47. The van der Waals surface area contributed by atoms with E-state index in [1.165, 1.54) is 34.4 Å². The summed E-state index contributed by atoms with van der Waals surface area (Å²) in [7, 11) is 3.09. The Hall–Kier alpha value is -4.06. The van der Waals surface area contributed by atoms with Gasteiger partial charge in [0, 0.05) is 25.3 Å². The van der Waals surface area contributed by atoms with Gasteiger partial charge >= 0.3 is 23.5 Å². The molecular weight excluding hydrogens is 517 g/mol. The first-order chi connectivity index (χ1) is 17.3. The van der Waals surface area contributed by atoms with Gasteiger partial charge in [0.25, 0.3) is 5.56 Å². The first-order valence-electron chi connectivity index (χ1n) is 11.0. The van der Waals surface area contributed by atoms with Crippen molar-refractivity contribution in [3.8, 4) is 5.69 Å². The number of alkyl halides is 3. The number of rotatable bonds is 3. The van der Waals surface area contributed by atoms with E-state index in [0.717, 1.165) is 16.8 Å². The van der Waals surface area contributed by atoms with E-state index < -0.39 is 40.6 Å². The normalized spacial score (nSPS) is 15.4. The van der Waals surface area contributed by atoms with Crippen molar-refractivity contribution in [2.75, 3.05) is 0 Å². The quantitative estimate of drug-likeness (QED) is 0.434. The van der Waals surface area contributed by atoms with E-state index in [0.29, 0.717) is 15.6 Å². The van der Waals surface area contributed by atoms with Crippen molar-refractivity contribution in [2.45, 2.75) is 25.1 Å². The highest BCUT2D eigenvalue weighted by atomic mass is 35.5. The fraction of sp³-hybridized carbons (Fsp3) is 0.250. The van der Waals surface area contributed by atoms with Gasteiger partial charge in [0.05, 0.1) is 28.3 Å². The van der Waals surface area contributed by atoms with Gasteiger partial charge < -0.3 is 5.11 Å². The molecule has 0 aliphatic heterocycles. The van der Waals surface area contributed by atoms with Gasteiger partial charge in [-0.05, 0) is 54.3 Å². The zero-order valence-corrected chi connectivity index (χ0v) is 20.1. The molecule has 0 spiro atoms. The van der Waals surface area contributed by atoms with Crippen LogP contribution in [0.25, 0.3) is 16.7 Å². The van der Waals surface area contributed by atoms with Gasteiger partial charge in [-0.25, -0.2) is 14.4 Å². The van der Waals surface area contributed by atoms with Crippen molar-refractivity contribution in [2.24, 2.45) is 14.1 Å². The largest absolute Gasteiger partial charge is 0.477 e. The second kappa shape index (κ2) is 8.23. The highest BCUT2D eigenvalue weighted by molar-refractivity contribution is 6.30. The maximum absolute atomic E-state index is 13.7. The van der Waals surface area contributed by atoms with Crippen LogP contribution in [0.2, 0.25) is 5.02 Å². The lowest BCUT2D eigenvalue weighted by Crippen LogP contribution is -2.43. The minimum absolute atomic E-state index is 0.0361. The molecule has 13 heteroatoms. The van der Waals surface area contributed by atoms with E-state index in [2.05, 4.69) is 0 Å². The molecule has 2 heterocycles. The number of carbonyl (C=O) groups is 1. The molecule has 192 valence electrons. The Morgan fingerprint density at radius 3 is 2.35 bits per heavy atom. The number of halogens is 4. The van der Waals surface area contributed by atoms with Gasteiger partial charge in [-0.2, -0.15) is 13.2 Å². The van der Waals surface area contributed by atoms with E-state index in [4.69, 9.17) is 11.6 Å². The highest BCUT2D eigenvalue weighted by Crippen LogP contribution is 2.43. The fourth-order valence-electron chi connectivity index (χ4n) is 5.02. The van der Waals surface area contributed by atoms with Crippen molar-refractivity contribution in [3.63, 3.8) is 0 Å². The van der Waals surface area contributed by atoms with E-state index in [-0.39, 0.29) is 40.4 Å². The third-order valence-electron chi connectivity index (χ3n) is 6.78. The number of nitrogens with zero attached hydrogens (tertiary/aromatic N) is 4. The number of aromatic nitrogens is 4. The van der Waals surface area contributed by atoms with Crippen LogP contribution in [0.15, 0.2) is 50.9 Å². The van der Waals surface area contributed by atoms with Gasteiger partial charge in [-0.3, -0.25) is 23.1 Å². The fourth-order valence-corrected chi connectivity index (χ4v) is 5.24. The zero-order chi connectivity index (χ0) is 27.0. The molecule has 0 saturated carbocycles. The van der Waals surface area contributed by atoms with Crippen LogP contribution in [0.4, 0.5) is 13.2 Å². The Morgan fingerprint density at radius 1 is 1.03 bits per heavy atom. The minimum Gasteiger partial charge on any atom is -0.477 e. The number of benzene rings is 2. The lowest BCUT2D eigenvalue weighted by molar-refractivity contribution is -0.138. The number of aromatic carboxylic acids is 1. The number of hydrogen-bond acceptors (Lipinski definition) is 4. The number of carboxylic acids is 1. The number of carboxylic acid groups (broad SMARTS) is 1. The summed E-state index contributed by atoms with van der Waals surface area (Å²) < 4.78 is 45.3. The Morgan fingerprint density at radius 2 is 1.70 bits per heavy atom. The minimum atomic E-state index is -4.71. The molecule has 1 atom stereocenters. The number of imidazole rings is 1. The van der Waals surface area contributed by atoms with Gasteiger partial charge in [0.2, 0.25) is 0 Å². The van der Waals surface area contributed by atoms with Crippen LogP contribution in [0.5, 0.6) is 0 Å². The topological polar surface area (TPSA) is 108 Å². The summed E-state index contributed by atoms with van der Waals surface area (Å²) in [5.74, 6) is -1.61. The van der Waals surface area contributed by atoms with Crippen LogP contribution in [0, 0.1) is 0 Å². The molecule has 4 aromatic rings. The lowest BCUT2D eigenvalue weighted by Gasteiger charge is -2.19. The standard InChI is InChI=1S/C24H18ClF3N4O5/c1-29-18-5-3-12(9-19(18)30(2)22(29)36)31-10-15(21(34)35)20(33)32(23(31)37)17-6-4-13-14(17)7-11(25)8-16(13)24(26,27)28/h3,5,7-10,17H,4,6H2,1-2H3,(H,34,35). The van der Waals surface area contributed by atoms with Crippen molar-refractivity contribution >= 4 is 28.6 Å². The van der Waals surface area contributed by atoms with Gasteiger partial charge in [0.15, 0.2) is 0 Å². The second-order valence-electron chi connectivity index (χ2n) is 8.82. The van der Waals surface area contributed by atoms with Crippen molar-refractivity contribution in [1.82, 2.24) is 18.3 Å². The van der Waals surface area contributed by atoms with E-state index in [9.17, 15) is 37.5 Å². The molecule has 1 N–H and O–H groups in total. The number of fused-ring (bicyclic) bond motifs is 2. The summed E-state index contributed by atoms with van der Waals surface area (Å²) in [5.41, 5.74) is -3.02. The molecule has 0 saturated heterocycles. The molecule has 9 nitrogen and oxygen atoms in total. The van der Waals surface area contributed by atoms with Crippen molar-refractivity contribution in [3.05, 3.63) is 95.1 Å². The molecule has 0 bridgehead atoms. The first-order valence-corrected chi connectivity index (χ1v) is 11.4. The predicted molar refractivity (Wildman–Crippen MR) is 128 cm³/mol. The van der Waals surface area contributed by atoms with Crippen molar-refractivity contribution < 1.29 is 23.1 Å². The highest BCUT2D eigenvalue weighted by Gasteiger charge is 2.39. The van der Waals surface area contributed by atoms with E-state index in [1.807, 2.05) is 0 Å². The first kappa shape index (κ1) is 24.6. The monoisotopic (exact) mass is 534 g/mol. The Bertz CT molecular complexity index is 1810. The molecule has 1 aliphatic rings. The Kier molecular flexibility index (Phi) is 5.48. The number of hydrogen-bond donors (Lipinski definition) is 1. The summed E-state index contributed by atoms with van der Waals surface area (Å²) in [4.78, 5) is 51.0. The van der Waals surface area contributed by atoms with E-state index in [1.54, 1.807) is 13.1 Å². The molecule has 0 radical (unpaired) electrons. The zero-order valence-electron chi connectivity index (χ0n) is 19.3. The van der Waals surface area contributed by atoms with Gasteiger partial charge in [0.1, 0.15) is 5.56 Å². The van der Waals surface area contributed by atoms with Crippen LogP contribution in [-0.4, -0.2) is 29.3 Å². The van der Waals surface area contributed by atoms with Gasteiger partial charge in [-0.15, -0.1) is 0 Å². The second-order valence-corrected chi connectivity index (χ2v) is 9.26. The number of aryl methyl sites for hydroxylation is 2. The van der Waals surface area contributed by atoms with Crippen LogP contribution in [-0.2, 0) is 26.7 Å². The summed E-state index contributed by atoms with van der Waals surface area (Å²) in [6, 6.07) is 5.42. The molecule has 0 amide bonds. The third kappa shape index (κ3) is 3.70. The molecule has 5 rings (SSSR count). The summed E-state index contributed by atoms with van der Waals surface area (Å²) in [6.45, 7) is 0. The molecule has 1 unspecified atom stereocenters. The van der Waals surface area contributed by atoms with E-state index >= 15 is 0 Å². The molecule has 2 aromatic heterocycles. The molecule has 0 fully saturated rings. The maximum atomic E-state index is 13.7. The molecular formula is C24H18ClF3N4O5.